The van der Waals surface area contributed by atoms with Gasteiger partial charge in [-0.15, -0.1) is 0 Å². The minimum absolute atomic E-state index is 0.0945. The lowest BCUT2D eigenvalue weighted by atomic mass is 10.1. The normalized spacial score (nSPS) is 11.0. The van der Waals surface area contributed by atoms with Crippen molar-refractivity contribution in [2.45, 2.75) is 50.4 Å². The van der Waals surface area contributed by atoms with Crippen LogP contribution in [0, 0.1) is 13.8 Å². The number of nitrogens with one attached hydrogen (secondary N) is 1. The molecule has 0 aliphatic heterocycles. The second-order valence-corrected chi connectivity index (χ2v) is 11.7. The summed E-state index contributed by atoms with van der Waals surface area (Å²) in [7, 11) is 0. The number of nitrogen functional groups attached to an aromatic ring is 1. The van der Waals surface area contributed by atoms with Crippen LogP contribution in [0.5, 0.6) is 0 Å². The third-order valence-electron chi connectivity index (χ3n) is 6.09. The Hall–Kier alpha value is -4.29. The van der Waals surface area contributed by atoms with E-state index >= 15 is 0 Å². The fourth-order valence-corrected chi connectivity index (χ4v) is 5.01. The first-order chi connectivity index (χ1) is 23.9. The number of ether oxygens (including phenoxy) is 2. The number of halogens is 7. The number of aromatic nitrogens is 4. The van der Waals surface area contributed by atoms with Gasteiger partial charge in [0.15, 0.2) is 10.3 Å². The van der Waals surface area contributed by atoms with Gasteiger partial charge in [0, 0.05) is 11.4 Å². The second-order valence-electron chi connectivity index (χ2n) is 9.75. The first kappa shape index (κ1) is 42.9. The molecule has 0 aliphatic carbocycles. The van der Waals surface area contributed by atoms with E-state index in [1.165, 1.54) is 47.8 Å². The summed E-state index contributed by atoms with van der Waals surface area (Å²) in [5, 5.41) is 3.85. The van der Waals surface area contributed by atoms with Crippen LogP contribution in [0.25, 0.3) is 0 Å². The van der Waals surface area contributed by atoms with Crippen molar-refractivity contribution in [3.8, 4) is 0 Å². The molecule has 2 heterocycles. The molecule has 0 unspecified atom stereocenters. The quantitative estimate of drug-likeness (QED) is 0.0440. The fourth-order valence-electron chi connectivity index (χ4n) is 3.84. The number of hydrogen-bond donors (Lipinski definition) is 2. The van der Waals surface area contributed by atoms with E-state index in [1.54, 1.807) is 34.0 Å². The Balaban J connectivity index is 0.000000293. The van der Waals surface area contributed by atoms with Gasteiger partial charge in [0.1, 0.15) is 22.1 Å². The van der Waals surface area contributed by atoms with Crippen molar-refractivity contribution in [1.29, 1.82) is 0 Å². The van der Waals surface area contributed by atoms with Crippen LogP contribution in [0.3, 0.4) is 0 Å². The van der Waals surface area contributed by atoms with E-state index in [1.807, 2.05) is 6.26 Å². The number of carbonyl (C=O) groups excluding carboxylic acids is 2. The Bertz CT molecular complexity index is 1790. The summed E-state index contributed by atoms with van der Waals surface area (Å²) >= 11 is 8.51. The number of aryl methyl sites for hydroxylation is 2. The summed E-state index contributed by atoms with van der Waals surface area (Å²) in [5.74, 6) is -1.01. The number of nitrogens with zero attached hydrogens (tertiary/aromatic N) is 4. The highest BCUT2D eigenvalue weighted by molar-refractivity contribution is 7.98. The number of alkyl halides is 6. The maximum atomic E-state index is 12.9. The van der Waals surface area contributed by atoms with E-state index in [-0.39, 0.29) is 40.1 Å². The van der Waals surface area contributed by atoms with E-state index in [9.17, 15) is 35.9 Å². The lowest BCUT2D eigenvalue weighted by Gasteiger charge is -2.14. The molecule has 0 bridgehead atoms. The molecule has 4 aromatic rings. The number of carbonyl (C=O) groups is 2. The highest BCUT2D eigenvalue weighted by atomic mass is 35.5. The van der Waals surface area contributed by atoms with Crippen LogP contribution in [0.1, 0.15) is 57.1 Å². The number of nitrogens with two attached hydrogens (primary N) is 1. The predicted molar refractivity (Wildman–Crippen MR) is 185 cm³/mol. The molecule has 4 rings (SSSR count). The van der Waals surface area contributed by atoms with Crippen molar-refractivity contribution in [1.82, 2.24) is 19.9 Å². The number of thioether (sulfide) groups is 2. The minimum Gasteiger partial charge on any atom is -0.462 e. The third-order valence-corrected chi connectivity index (χ3v) is 7.45. The molecule has 3 N–H and O–H groups in total. The topological polar surface area (TPSA) is 142 Å². The monoisotopic (exact) mass is 778 g/mol. The van der Waals surface area contributed by atoms with E-state index in [0.717, 1.165) is 24.3 Å². The number of esters is 2. The minimum atomic E-state index is -4.46. The number of anilines is 3. The molecule has 0 saturated carbocycles. The van der Waals surface area contributed by atoms with Gasteiger partial charge in [-0.2, -0.15) is 26.3 Å². The molecule has 0 radical (unpaired) electrons. The van der Waals surface area contributed by atoms with Crippen LogP contribution >= 0.6 is 35.1 Å². The Morgan fingerprint density at radius 2 is 1.24 bits per heavy atom. The third kappa shape index (κ3) is 13.1. The number of hydrogen-bond acceptors (Lipinski definition) is 12. The van der Waals surface area contributed by atoms with Crippen molar-refractivity contribution >= 4 is 64.3 Å². The summed E-state index contributed by atoms with van der Waals surface area (Å²) in [6.07, 6.45) is -5.16. The lowest BCUT2D eigenvalue weighted by molar-refractivity contribution is -0.138. The molecular weight excluding hydrogens is 746 g/mol. The molecule has 0 fully saturated rings. The first-order valence-electron chi connectivity index (χ1n) is 14.6. The van der Waals surface area contributed by atoms with Gasteiger partial charge < -0.3 is 20.5 Å². The Kier molecular flexibility index (Phi) is 16.3. The molecule has 276 valence electrons. The van der Waals surface area contributed by atoms with Gasteiger partial charge in [-0.05, 0) is 76.6 Å². The molecular formula is C32H33ClF6N6O4S2. The average Bonchev–Trinajstić information content (AvgIpc) is 3.04. The predicted octanol–water partition coefficient (Wildman–Crippen LogP) is 9.07. The second kappa shape index (κ2) is 19.4. The SMILES string of the molecule is CCOC(=O)c1c(C)nc(SC)nc1Cl.CCOC(=O)c1c(C)nc(SC)nc1Nc1cccc(C(F)(F)F)c1.Nc1cccc(C(F)(F)F)c1. The van der Waals surface area contributed by atoms with Gasteiger partial charge in [-0.25, -0.2) is 29.5 Å². The number of benzene rings is 2. The molecule has 0 atom stereocenters. The maximum absolute atomic E-state index is 12.9. The molecule has 19 heteroatoms. The van der Waals surface area contributed by atoms with Gasteiger partial charge in [-0.1, -0.05) is 47.3 Å². The summed E-state index contributed by atoms with van der Waals surface area (Å²) < 4.78 is 84.2. The van der Waals surface area contributed by atoms with Gasteiger partial charge in [-0.3, -0.25) is 0 Å². The van der Waals surface area contributed by atoms with Crippen molar-refractivity contribution in [3.05, 3.63) is 87.3 Å². The lowest BCUT2D eigenvalue weighted by Crippen LogP contribution is -2.14. The first-order valence-corrected chi connectivity index (χ1v) is 17.4. The highest BCUT2D eigenvalue weighted by Gasteiger charge is 2.31. The molecule has 2 aromatic heterocycles. The zero-order chi connectivity index (χ0) is 38.5. The Morgan fingerprint density at radius 3 is 1.69 bits per heavy atom. The molecule has 2 aromatic carbocycles. The molecule has 0 aliphatic rings. The summed E-state index contributed by atoms with van der Waals surface area (Å²) in [6.45, 7) is 7.18. The smallest absolute Gasteiger partial charge is 0.416 e. The van der Waals surface area contributed by atoms with Crippen LogP contribution in [-0.2, 0) is 21.8 Å². The molecule has 0 spiro atoms. The van der Waals surface area contributed by atoms with Crippen LogP contribution in [-0.4, -0.2) is 57.6 Å². The van der Waals surface area contributed by atoms with Crippen LogP contribution in [0.4, 0.5) is 43.5 Å². The van der Waals surface area contributed by atoms with Gasteiger partial charge in [0.2, 0.25) is 0 Å². The summed E-state index contributed by atoms with van der Waals surface area (Å²) in [6, 6.07) is 9.23. The van der Waals surface area contributed by atoms with E-state index in [2.05, 4.69) is 25.3 Å². The van der Waals surface area contributed by atoms with Gasteiger partial charge >= 0.3 is 24.3 Å². The van der Waals surface area contributed by atoms with E-state index < -0.39 is 35.4 Å². The zero-order valence-corrected chi connectivity index (χ0v) is 30.4. The highest BCUT2D eigenvalue weighted by Crippen LogP contribution is 2.33. The standard InChI is InChI=1S/C16H16F3N3O2S.C9H11ClN2O2S.C7H6F3N/c1-4-24-14(23)12-9(2)20-15(25-3)22-13(12)21-11-7-5-6-10(8-11)16(17,18)19;1-4-14-8(13)6-5(2)11-9(15-3)12-7(6)10;8-7(9,10)5-2-1-3-6(11)4-5/h5-8H,4H2,1-3H3,(H,20,21,22);4H2,1-3H3;1-4H,11H2. The van der Waals surface area contributed by atoms with Crippen LogP contribution < -0.4 is 11.1 Å². The number of rotatable bonds is 8. The fraction of sp³-hybridized carbons (Fsp3) is 0.312. The van der Waals surface area contributed by atoms with Gasteiger partial charge in [0.05, 0.1) is 35.7 Å². The Morgan fingerprint density at radius 1 is 0.765 bits per heavy atom. The Labute approximate surface area is 303 Å². The molecule has 51 heavy (non-hydrogen) atoms. The molecule has 10 nitrogen and oxygen atoms in total. The molecule has 0 saturated heterocycles. The van der Waals surface area contributed by atoms with Gasteiger partial charge in [0.25, 0.3) is 0 Å². The summed E-state index contributed by atoms with van der Waals surface area (Å²) in [4.78, 5) is 40.1. The van der Waals surface area contributed by atoms with Crippen LogP contribution in [0.15, 0.2) is 58.8 Å². The van der Waals surface area contributed by atoms with Crippen molar-refractivity contribution < 1.29 is 45.4 Å². The van der Waals surface area contributed by atoms with Crippen molar-refractivity contribution in [2.75, 3.05) is 36.8 Å². The maximum Gasteiger partial charge on any atom is 0.416 e. The average molecular weight is 779 g/mol. The summed E-state index contributed by atoms with van der Waals surface area (Å²) in [5.41, 5.74) is 5.19. The van der Waals surface area contributed by atoms with Crippen molar-refractivity contribution in [2.24, 2.45) is 0 Å². The largest absolute Gasteiger partial charge is 0.462 e. The van der Waals surface area contributed by atoms with Crippen molar-refractivity contribution in [3.63, 3.8) is 0 Å². The van der Waals surface area contributed by atoms with E-state index in [4.69, 9.17) is 26.8 Å². The zero-order valence-electron chi connectivity index (χ0n) is 28.0. The molecule has 0 amide bonds. The van der Waals surface area contributed by atoms with E-state index in [0.29, 0.717) is 28.3 Å². The van der Waals surface area contributed by atoms with Crippen LogP contribution in [0.2, 0.25) is 5.15 Å².